The van der Waals surface area contributed by atoms with Gasteiger partial charge in [0.1, 0.15) is 0 Å². The van der Waals surface area contributed by atoms with Crippen molar-refractivity contribution in [3.05, 3.63) is 53.6 Å². The first-order valence-corrected chi connectivity index (χ1v) is 5.59. The Kier molecular flexibility index (Phi) is 2.73. The summed E-state index contributed by atoms with van der Waals surface area (Å²) in [6, 6.07) is 8.55. The van der Waals surface area contributed by atoms with Crippen LogP contribution in [-0.4, -0.2) is 9.55 Å². The molecule has 2 nitrogen and oxygen atoms in total. The molecule has 2 heteroatoms. The molecule has 16 heavy (non-hydrogen) atoms. The first kappa shape index (κ1) is 10.8. The first-order chi connectivity index (χ1) is 7.63. The Labute approximate surface area is 96.6 Å². The predicted octanol–water partition coefficient (Wildman–Crippen LogP) is 3.69. The fraction of sp³-hybridized carbons (Fsp3) is 0.286. The van der Waals surface area contributed by atoms with Crippen LogP contribution in [0.5, 0.6) is 0 Å². The third kappa shape index (κ3) is 1.71. The van der Waals surface area contributed by atoms with Crippen LogP contribution in [0.3, 0.4) is 0 Å². The van der Waals surface area contributed by atoms with Gasteiger partial charge in [-0.1, -0.05) is 13.5 Å². The van der Waals surface area contributed by atoms with Crippen LogP contribution in [-0.2, 0) is 0 Å². The molecule has 84 valence electrons. The first-order valence-electron chi connectivity index (χ1n) is 5.59. The lowest BCUT2D eigenvalue weighted by Gasteiger charge is -2.13. The standard InChI is InChI=1S/C14H18N2/c1-5-16-11(3)7-9-14(16)12(4)13-8-6-10(2)15-13/h5-9,12,15H,1H2,2-4H3/t12-/m0/s1. The van der Waals surface area contributed by atoms with Crippen molar-refractivity contribution in [2.75, 3.05) is 0 Å². The van der Waals surface area contributed by atoms with Crippen molar-refractivity contribution in [1.82, 2.24) is 9.55 Å². The highest BCUT2D eigenvalue weighted by molar-refractivity contribution is 5.35. The molecule has 0 bridgehead atoms. The molecule has 1 N–H and O–H groups in total. The quantitative estimate of drug-likeness (QED) is 0.804. The maximum Gasteiger partial charge on any atom is 0.0369 e. The van der Waals surface area contributed by atoms with Crippen molar-refractivity contribution in [3.63, 3.8) is 0 Å². The van der Waals surface area contributed by atoms with Gasteiger partial charge in [0.15, 0.2) is 0 Å². The molecule has 2 heterocycles. The molecule has 2 rings (SSSR count). The minimum absolute atomic E-state index is 0.361. The van der Waals surface area contributed by atoms with Gasteiger partial charge in [-0.25, -0.2) is 0 Å². The Morgan fingerprint density at radius 3 is 2.56 bits per heavy atom. The molecule has 0 spiro atoms. The van der Waals surface area contributed by atoms with Crippen LogP contribution in [0.4, 0.5) is 0 Å². The molecule has 0 aliphatic rings. The van der Waals surface area contributed by atoms with Gasteiger partial charge in [-0.3, -0.25) is 0 Å². The fourth-order valence-electron chi connectivity index (χ4n) is 2.11. The topological polar surface area (TPSA) is 20.7 Å². The zero-order valence-corrected chi connectivity index (χ0v) is 10.1. The highest BCUT2D eigenvalue weighted by Crippen LogP contribution is 2.25. The summed E-state index contributed by atoms with van der Waals surface area (Å²) in [5, 5.41) is 0. The van der Waals surface area contributed by atoms with Crippen LogP contribution in [0.1, 0.15) is 35.6 Å². The fourth-order valence-corrected chi connectivity index (χ4v) is 2.11. The van der Waals surface area contributed by atoms with E-state index in [0.29, 0.717) is 5.92 Å². The highest BCUT2D eigenvalue weighted by Gasteiger charge is 2.14. The molecule has 0 aromatic carbocycles. The van der Waals surface area contributed by atoms with Gasteiger partial charge in [-0.15, -0.1) is 0 Å². The molecule has 0 fully saturated rings. The number of aromatic amines is 1. The van der Waals surface area contributed by atoms with Crippen LogP contribution >= 0.6 is 0 Å². The summed E-state index contributed by atoms with van der Waals surface area (Å²) >= 11 is 0. The van der Waals surface area contributed by atoms with Crippen LogP contribution < -0.4 is 0 Å². The number of rotatable bonds is 3. The van der Waals surface area contributed by atoms with Gasteiger partial charge in [-0.05, 0) is 38.1 Å². The summed E-state index contributed by atoms with van der Waals surface area (Å²) in [6.45, 7) is 10.2. The number of nitrogens with zero attached hydrogens (tertiary/aromatic N) is 1. The minimum Gasteiger partial charge on any atom is -0.362 e. The maximum atomic E-state index is 3.86. The van der Waals surface area contributed by atoms with Gasteiger partial charge in [0, 0.05) is 34.9 Å². The van der Waals surface area contributed by atoms with Crippen molar-refractivity contribution in [2.24, 2.45) is 0 Å². The molecule has 0 aliphatic heterocycles. The molecule has 0 saturated heterocycles. The van der Waals surface area contributed by atoms with Gasteiger partial charge in [0.2, 0.25) is 0 Å². The van der Waals surface area contributed by atoms with E-state index >= 15 is 0 Å². The molecule has 0 radical (unpaired) electrons. The Morgan fingerprint density at radius 1 is 1.25 bits per heavy atom. The van der Waals surface area contributed by atoms with Crippen LogP contribution in [0.15, 0.2) is 30.8 Å². The van der Waals surface area contributed by atoms with Crippen molar-refractivity contribution >= 4 is 6.20 Å². The molecule has 0 saturated carbocycles. The third-order valence-electron chi connectivity index (χ3n) is 3.10. The van der Waals surface area contributed by atoms with E-state index in [1.54, 1.807) is 0 Å². The molecule has 2 aromatic rings. The maximum absolute atomic E-state index is 3.86. The Bertz CT molecular complexity index is 503. The van der Waals surface area contributed by atoms with Crippen LogP contribution in [0.2, 0.25) is 0 Å². The zero-order chi connectivity index (χ0) is 11.7. The Morgan fingerprint density at radius 2 is 2.00 bits per heavy atom. The lowest BCUT2D eigenvalue weighted by Crippen LogP contribution is -2.03. The van der Waals surface area contributed by atoms with E-state index in [0.717, 1.165) is 0 Å². The normalized spacial score (nSPS) is 12.7. The predicted molar refractivity (Wildman–Crippen MR) is 68.6 cm³/mol. The highest BCUT2D eigenvalue weighted by atomic mass is 15.0. The Hall–Kier alpha value is -1.70. The van der Waals surface area contributed by atoms with E-state index in [9.17, 15) is 0 Å². The van der Waals surface area contributed by atoms with E-state index in [1.165, 1.54) is 22.8 Å². The average molecular weight is 214 g/mol. The molecule has 0 amide bonds. The SMILES string of the molecule is C=Cn1c(C)ccc1[C@@H](C)c1ccc(C)[nH]1. The number of aromatic nitrogens is 2. The van der Waals surface area contributed by atoms with Gasteiger partial charge in [-0.2, -0.15) is 0 Å². The summed E-state index contributed by atoms with van der Waals surface area (Å²) in [7, 11) is 0. The summed E-state index contributed by atoms with van der Waals surface area (Å²) in [5.41, 5.74) is 4.95. The van der Waals surface area contributed by atoms with Gasteiger partial charge < -0.3 is 9.55 Å². The lowest BCUT2D eigenvalue weighted by atomic mass is 10.0. The minimum atomic E-state index is 0.361. The molecular formula is C14H18N2. The van der Waals surface area contributed by atoms with E-state index < -0.39 is 0 Å². The van der Waals surface area contributed by atoms with Gasteiger partial charge >= 0.3 is 0 Å². The van der Waals surface area contributed by atoms with Gasteiger partial charge in [0.05, 0.1) is 0 Å². The second-order valence-corrected chi connectivity index (χ2v) is 4.27. The van der Waals surface area contributed by atoms with E-state index in [4.69, 9.17) is 0 Å². The summed E-state index contributed by atoms with van der Waals surface area (Å²) < 4.78 is 2.14. The smallest absolute Gasteiger partial charge is 0.0369 e. The number of nitrogens with one attached hydrogen (secondary N) is 1. The molecule has 1 atom stereocenters. The van der Waals surface area contributed by atoms with Crippen molar-refractivity contribution in [2.45, 2.75) is 26.7 Å². The molecule has 0 aliphatic carbocycles. The third-order valence-corrected chi connectivity index (χ3v) is 3.10. The van der Waals surface area contributed by atoms with Crippen molar-refractivity contribution in [1.29, 1.82) is 0 Å². The van der Waals surface area contributed by atoms with Crippen molar-refractivity contribution in [3.8, 4) is 0 Å². The van der Waals surface area contributed by atoms with Crippen LogP contribution in [0, 0.1) is 13.8 Å². The van der Waals surface area contributed by atoms with Crippen molar-refractivity contribution < 1.29 is 0 Å². The largest absolute Gasteiger partial charge is 0.362 e. The average Bonchev–Trinajstić information content (AvgIpc) is 2.83. The molecular weight excluding hydrogens is 196 g/mol. The van der Waals surface area contributed by atoms with Gasteiger partial charge in [0.25, 0.3) is 0 Å². The van der Waals surface area contributed by atoms with E-state index in [-0.39, 0.29) is 0 Å². The summed E-state index contributed by atoms with van der Waals surface area (Å²) in [6.07, 6.45) is 1.87. The monoisotopic (exact) mass is 214 g/mol. The number of hydrogen-bond donors (Lipinski definition) is 1. The van der Waals surface area contributed by atoms with Crippen LogP contribution in [0.25, 0.3) is 6.20 Å². The second kappa shape index (κ2) is 4.05. The molecule has 2 aromatic heterocycles. The lowest BCUT2D eigenvalue weighted by molar-refractivity contribution is 0.809. The molecule has 0 unspecified atom stereocenters. The zero-order valence-electron chi connectivity index (χ0n) is 10.1. The number of H-pyrrole nitrogens is 1. The van der Waals surface area contributed by atoms with E-state index in [2.05, 4.69) is 61.2 Å². The Balaban J connectivity index is 2.40. The van der Waals surface area contributed by atoms with E-state index in [1.807, 2.05) is 6.20 Å². The summed E-state index contributed by atoms with van der Waals surface area (Å²) in [4.78, 5) is 3.39. The second-order valence-electron chi connectivity index (χ2n) is 4.27. The summed E-state index contributed by atoms with van der Waals surface area (Å²) in [5.74, 6) is 0.361. The number of aryl methyl sites for hydroxylation is 2. The number of hydrogen-bond acceptors (Lipinski definition) is 0.